The summed E-state index contributed by atoms with van der Waals surface area (Å²) < 4.78 is 5.20. The summed E-state index contributed by atoms with van der Waals surface area (Å²) in [6.45, 7) is 7.28. The van der Waals surface area contributed by atoms with E-state index in [9.17, 15) is 9.59 Å². The fourth-order valence-corrected chi connectivity index (χ4v) is 2.50. The van der Waals surface area contributed by atoms with Crippen molar-refractivity contribution in [2.24, 2.45) is 11.7 Å². The maximum absolute atomic E-state index is 11.9. The first-order valence-electron chi connectivity index (χ1n) is 7.83. The zero-order valence-electron chi connectivity index (χ0n) is 14.0. The first-order chi connectivity index (χ1) is 10.8. The number of hydrogen-bond donors (Lipinski definition) is 2. The van der Waals surface area contributed by atoms with Crippen molar-refractivity contribution in [3.8, 4) is 0 Å². The van der Waals surface area contributed by atoms with Gasteiger partial charge in [0.25, 0.3) is 0 Å². The van der Waals surface area contributed by atoms with E-state index in [0.29, 0.717) is 31.7 Å². The lowest BCUT2D eigenvalue weighted by molar-refractivity contribution is -0.128. The van der Waals surface area contributed by atoms with Crippen molar-refractivity contribution in [1.29, 1.82) is 0 Å². The maximum atomic E-state index is 11.9. The lowest BCUT2D eigenvalue weighted by Crippen LogP contribution is -2.27. The second-order valence-corrected chi connectivity index (χ2v) is 6.90. The average molecular weight is 319 g/mol. The molecule has 1 aliphatic heterocycles. The van der Waals surface area contributed by atoms with E-state index in [-0.39, 0.29) is 11.8 Å². The molecule has 1 atom stereocenters. The molecule has 1 unspecified atom stereocenters. The molecule has 2 rings (SSSR count). The monoisotopic (exact) mass is 319 g/mol. The van der Waals surface area contributed by atoms with Gasteiger partial charge in [0, 0.05) is 25.2 Å². The van der Waals surface area contributed by atoms with Gasteiger partial charge in [-0.2, -0.15) is 0 Å². The molecule has 2 amide bonds. The molecule has 1 fully saturated rings. The van der Waals surface area contributed by atoms with Gasteiger partial charge in [-0.1, -0.05) is 12.1 Å². The van der Waals surface area contributed by atoms with Gasteiger partial charge in [0.05, 0.1) is 0 Å². The summed E-state index contributed by atoms with van der Waals surface area (Å²) in [4.78, 5) is 25.4. The number of anilines is 1. The second kappa shape index (κ2) is 7.00. The zero-order chi connectivity index (χ0) is 17.0. The molecule has 0 aromatic heterocycles. The van der Waals surface area contributed by atoms with Crippen LogP contribution in [0, 0.1) is 5.92 Å². The third kappa shape index (κ3) is 5.25. The van der Waals surface area contributed by atoms with Crippen LogP contribution in [0.4, 0.5) is 10.5 Å². The zero-order valence-corrected chi connectivity index (χ0v) is 14.0. The molecule has 0 radical (unpaired) electrons. The van der Waals surface area contributed by atoms with Crippen molar-refractivity contribution in [2.45, 2.75) is 39.3 Å². The first kappa shape index (κ1) is 17.3. The fraction of sp³-hybridized carbons (Fsp3) is 0.529. The van der Waals surface area contributed by atoms with Crippen LogP contribution in [-0.4, -0.2) is 35.6 Å². The number of ether oxygens (including phenoxy) is 1. The standard InChI is InChI=1S/C17H25N3O3/c1-17(2,3)23-16(22)19-14-6-4-12(5-7-14)10-20-11-13(9-18)8-15(20)21/h4-7,13H,8-11,18H2,1-3H3,(H,19,22). The quantitative estimate of drug-likeness (QED) is 0.892. The van der Waals surface area contributed by atoms with Gasteiger partial charge >= 0.3 is 6.09 Å². The Kier molecular flexibility index (Phi) is 5.26. The maximum Gasteiger partial charge on any atom is 0.412 e. The number of amides is 2. The van der Waals surface area contributed by atoms with Crippen LogP contribution in [-0.2, 0) is 16.1 Å². The lowest BCUT2D eigenvalue weighted by atomic mass is 10.1. The molecule has 126 valence electrons. The van der Waals surface area contributed by atoms with E-state index in [1.54, 1.807) is 12.1 Å². The van der Waals surface area contributed by atoms with Gasteiger partial charge in [-0.05, 0) is 50.9 Å². The third-order valence-corrected chi connectivity index (χ3v) is 3.60. The van der Waals surface area contributed by atoms with Gasteiger partial charge in [-0.25, -0.2) is 4.79 Å². The predicted octanol–water partition coefficient (Wildman–Crippen LogP) is 2.34. The van der Waals surface area contributed by atoms with Crippen molar-refractivity contribution < 1.29 is 14.3 Å². The minimum absolute atomic E-state index is 0.149. The largest absolute Gasteiger partial charge is 0.444 e. The van der Waals surface area contributed by atoms with Gasteiger partial charge in [0.2, 0.25) is 5.91 Å². The highest BCUT2D eigenvalue weighted by atomic mass is 16.6. The van der Waals surface area contributed by atoms with E-state index < -0.39 is 11.7 Å². The summed E-state index contributed by atoms with van der Waals surface area (Å²) in [5.74, 6) is 0.409. The Hall–Kier alpha value is -2.08. The number of nitrogens with one attached hydrogen (secondary N) is 1. The van der Waals surface area contributed by atoms with Crippen LogP contribution in [0.25, 0.3) is 0 Å². The van der Waals surface area contributed by atoms with Gasteiger partial charge in [0.1, 0.15) is 5.60 Å². The Bertz CT molecular complexity index is 563. The summed E-state index contributed by atoms with van der Waals surface area (Å²) in [5, 5.41) is 2.69. The summed E-state index contributed by atoms with van der Waals surface area (Å²) in [7, 11) is 0. The highest BCUT2D eigenvalue weighted by Gasteiger charge is 2.28. The highest BCUT2D eigenvalue weighted by Crippen LogP contribution is 2.20. The Labute approximate surface area is 137 Å². The molecule has 0 spiro atoms. The Balaban J connectivity index is 1.90. The van der Waals surface area contributed by atoms with Crippen molar-refractivity contribution in [2.75, 3.05) is 18.4 Å². The number of nitrogens with zero attached hydrogens (tertiary/aromatic N) is 1. The van der Waals surface area contributed by atoms with Gasteiger partial charge in [-0.3, -0.25) is 10.1 Å². The molecular formula is C17H25N3O3. The summed E-state index contributed by atoms with van der Waals surface area (Å²) in [6, 6.07) is 7.41. The minimum atomic E-state index is -0.528. The average Bonchev–Trinajstić information content (AvgIpc) is 2.79. The Morgan fingerprint density at radius 3 is 2.52 bits per heavy atom. The highest BCUT2D eigenvalue weighted by molar-refractivity contribution is 5.84. The number of hydrogen-bond acceptors (Lipinski definition) is 4. The summed E-state index contributed by atoms with van der Waals surface area (Å²) in [6.07, 6.45) is 0.0557. The molecule has 1 aromatic rings. The van der Waals surface area contributed by atoms with Crippen LogP contribution in [0.2, 0.25) is 0 Å². The predicted molar refractivity (Wildman–Crippen MR) is 88.9 cm³/mol. The molecule has 6 nitrogen and oxygen atoms in total. The molecule has 0 saturated carbocycles. The van der Waals surface area contributed by atoms with E-state index in [2.05, 4.69) is 5.32 Å². The molecule has 0 aliphatic carbocycles. The smallest absolute Gasteiger partial charge is 0.412 e. The minimum Gasteiger partial charge on any atom is -0.444 e. The third-order valence-electron chi connectivity index (χ3n) is 3.60. The topological polar surface area (TPSA) is 84.7 Å². The van der Waals surface area contributed by atoms with Crippen molar-refractivity contribution in [1.82, 2.24) is 4.90 Å². The number of carbonyl (C=O) groups excluding carboxylic acids is 2. The number of likely N-dealkylation sites (tertiary alicyclic amines) is 1. The van der Waals surface area contributed by atoms with Crippen LogP contribution in [0.15, 0.2) is 24.3 Å². The first-order valence-corrected chi connectivity index (χ1v) is 7.83. The molecule has 1 heterocycles. The van der Waals surface area contributed by atoms with E-state index >= 15 is 0 Å². The number of benzene rings is 1. The van der Waals surface area contributed by atoms with E-state index in [4.69, 9.17) is 10.5 Å². The normalized spacial score (nSPS) is 18.2. The van der Waals surface area contributed by atoms with Crippen LogP contribution in [0.1, 0.15) is 32.8 Å². The van der Waals surface area contributed by atoms with E-state index in [1.807, 2.05) is 37.8 Å². The molecule has 3 N–H and O–H groups in total. The Morgan fingerprint density at radius 1 is 1.35 bits per heavy atom. The SMILES string of the molecule is CC(C)(C)OC(=O)Nc1ccc(CN2CC(CN)CC2=O)cc1. The van der Waals surface area contributed by atoms with Gasteiger partial charge in [0.15, 0.2) is 0 Å². The number of rotatable bonds is 4. The van der Waals surface area contributed by atoms with Crippen LogP contribution < -0.4 is 11.1 Å². The molecule has 1 aliphatic rings. The lowest BCUT2D eigenvalue weighted by Gasteiger charge is -2.20. The molecule has 1 aromatic carbocycles. The van der Waals surface area contributed by atoms with Crippen molar-refractivity contribution >= 4 is 17.7 Å². The summed E-state index contributed by atoms with van der Waals surface area (Å²) >= 11 is 0. The molecular weight excluding hydrogens is 294 g/mol. The molecule has 0 bridgehead atoms. The molecule has 6 heteroatoms. The van der Waals surface area contributed by atoms with Gasteiger partial charge < -0.3 is 15.4 Å². The van der Waals surface area contributed by atoms with Crippen LogP contribution in [0.5, 0.6) is 0 Å². The number of carbonyl (C=O) groups is 2. The number of nitrogens with two attached hydrogens (primary N) is 1. The fourth-order valence-electron chi connectivity index (χ4n) is 2.50. The van der Waals surface area contributed by atoms with E-state index in [0.717, 1.165) is 5.56 Å². The van der Waals surface area contributed by atoms with E-state index in [1.165, 1.54) is 0 Å². The Morgan fingerprint density at radius 2 is 2.00 bits per heavy atom. The van der Waals surface area contributed by atoms with Crippen LogP contribution >= 0.6 is 0 Å². The van der Waals surface area contributed by atoms with Gasteiger partial charge in [-0.15, -0.1) is 0 Å². The molecule has 23 heavy (non-hydrogen) atoms. The van der Waals surface area contributed by atoms with Crippen molar-refractivity contribution in [3.05, 3.63) is 29.8 Å². The second-order valence-electron chi connectivity index (χ2n) is 6.90. The van der Waals surface area contributed by atoms with Crippen LogP contribution in [0.3, 0.4) is 0 Å². The van der Waals surface area contributed by atoms with Crippen molar-refractivity contribution in [3.63, 3.8) is 0 Å². The molecule has 1 saturated heterocycles. The summed E-state index contributed by atoms with van der Waals surface area (Å²) in [5.41, 5.74) is 6.78.